The molecule has 2 amide bonds. The molecule has 3 heterocycles. The maximum atomic E-state index is 12.4. The molecule has 1 aromatic rings. The van der Waals surface area contributed by atoms with Crippen LogP contribution in [0.4, 0.5) is 4.79 Å². The molecule has 0 radical (unpaired) electrons. The fourth-order valence-electron chi connectivity index (χ4n) is 3.97. The van der Waals surface area contributed by atoms with Crippen LogP contribution in [0.3, 0.4) is 0 Å². The highest BCUT2D eigenvalue weighted by Crippen LogP contribution is 2.38. The first-order valence-corrected chi connectivity index (χ1v) is 11.4. The molecule has 3 aliphatic heterocycles. The van der Waals surface area contributed by atoms with Crippen LogP contribution in [0.15, 0.2) is 29.2 Å². The second-order valence-electron chi connectivity index (χ2n) is 7.01. The van der Waals surface area contributed by atoms with Gasteiger partial charge in [-0.25, -0.2) is 13.2 Å². The minimum Gasteiger partial charge on any atom is -0.374 e. The molecule has 2 N–H and O–H groups in total. The highest BCUT2D eigenvalue weighted by atomic mass is 32.2. The summed E-state index contributed by atoms with van der Waals surface area (Å²) in [4.78, 5) is 12.8. The van der Waals surface area contributed by atoms with Crippen LogP contribution in [-0.2, 0) is 14.6 Å². The van der Waals surface area contributed by atoms with Gasteiger partial charge in [0.05, 0.1) is 22.3 Å². The van der Waals surface area contributed by atoms with Crippen LogP contribution in [0, 0.1) is 0 Å². The van der Waals surface area contributed by atoms with Gasteiger partial charge in [-0.15, -0.1) is 0 Å². The van der Waals surface area contributed by atoms with Gasteiger partial charge >= 0.3 is 6.03 Å². The fraction of sp³-hybridized carbons (Fsp3) is 0.588. The van der Waals surface area contributed by atoms with Crippen LogP contribution in [-0.4, -0.2) is 50.0 Å². The van der Waals surface area contributed by atoms with Crippen LogP contribution in [0.25, 0.3) is 0 Å². The first-order valence-electron chi connectivity index (χ1n) is 8.58. The molecular formula is C17H22N2O4S2. The van der Waals surface area contributed by atoms with Gasteiger partial charge in [0.2, 0.25) is 0 Å². The molecule has 2 fully saturated rings. The Bertz CT molecular complexity index is 775. The standard InChI is InChI=1S/C17H22N2O4S2/c20-16(18-12-5-7-23-17(9-12)6-8-24-11-17)19-14-10-25(21,22)15-4-2-1-3-13(14)15/h1-4,12,14H,5-11H2,(H2,18,19,20)/t12-,14+,17+/m1/s1. The lowest BCUT2D eigenvalue weighted by atomic mass is 9.90. The Morgan fingerprint density at radius 1 is 1.28 bits per heavy atom. The fourth-order valence-corrected chi connectivity index (χ4v) is 7.08. The normalized spacial score (nSPS) is 33.1. The van der Waals surface area contributed by atoms with E-state index >= 15 is 0 Å². The van der Waals surface area contributed by atoms with Gasteiger partial charge in [0.25, 0.3) is 0 Å². The molecule has 0 aliphatic carbocycles. The first-order chi connectivity index (χ1) is 12.0. The maximum Gasteiger partial charge on any atom is 0.315 e. The predicted molar refractivity (Wildman–Crippen MR) is 96.6 cm³/mol. The minimum absolute atomic E-state index is 0.0701. The summed E-state index contributed by atoms with van der Waals surface area (Å²) in [6.07, 6.45) is 2.65. The maximum absolute atomic E-state index is 12.4. The Hall–Kier alpha value is -1.25. The zero-order valence-corrected chi connectivity index (χ0v) is 15.5. The van der Waals surface area contributed by atoms with E-state index in [9.17, 15) is 13.2 Å². The number of fused-ring (bicyclic) bond motifs is 1. The zero-order chi connectivity index (χ0) is 17.5. The number of amides is 2. The monoisotopic (exact) mass is 382 g/mol. The summed E-state index contributed by atoms with van der Waals surface area (Å²) in [7, 11) is -3.32. The number of nitrogens with one attached hydrogen (secondary N) is 2. The SMILES string of the molecule is O=C(N[C@@H]1CCO[C@@]2(CCSC2)C1)N[C@H]1CS(=O)(=O)c2ccccc21. The van der Waals surface area contributed by atoms with Crippen molar-refractivity contribution in [2.75, 3.05) is 23.9 Å². The van der Waals surface area contributed by atoms with E-state index in [1.807, 2.05) is 11.8 Å². The third kappa shape index (κ3) is 3.39. The molecule has 4 rings (SSSR count). The van der Waals surface area contributed by atoms with Gasteiger partial charge in [0.15, 0.2) is 9.84 Å². The van der Waals surface area contributed by atoms with Gasteiger partial charge in [-0.1, -0.05) is 18.2 Å². The number of thioether (sulfide) groups is 1. The molecule has 2 saturated heterocycles. The third-order valence-corrected chi connectivity index (χ3v) is 8.25. The van der Waals surface area contributed by atoms with Crippen molar-refractivity contribution >= 4 is 27.6 Å². The van der Waals surface area contributed by atoms with Crippen molar-refractivity contribution in [2.45, 2.75) is 41.8 Å². The number of sulfone groups is 1. The molecule has 0 unspecified atom stereocenters. The van der Waals surface area contributed by atoms with Gasteiger partial charge in [-0.05, 0) is 36.6 Å². The van der Waals surface area contributed by atoms with Crippen LogP contribution in [0.1, 0.15) is 30.9 Å². The number of hydrogen-bond acceptors (Lipinski definition) is 5. The zero-order valence-electron chi connectivity index (χ0n) is 13.9. The number of hydrogen-bond donors (Lipinski definition) is 2. The highest BCUT2D eigenvalue weighted by molar-refractivity contribution is 7.99. The average molecular weight is 383 g/mol. The summed E-state index contributed by atoms with van der Waals surface area (Å²) >= 11 is 1.90. The molecule has 1 spiro atoms. The molecule has 3 aliphatic rings. The van der Waals surface area contributed by atoms with Gasteiger partial charge in [-0.2, -0.15) is 11.8 Å². The van der Waals surface area contributed by atoms with E-state index in [-0.39, 0.29) is 23.4 Å². The molecule has 1 aromatic carbocycles. The van der Waals surface area contributed by atoms with Gasteiger partial charge in [0, 0.05) is 18.4 Å². The molecule has 6 nitrogen and oxygen atoms in total. The Morgan fingerprint density at radius 3 is 2.92 bits per heavy atom. The van der Waals surface area contributed by atoms with Crippen molar-refractivity contribution in [3.8, 4) is 0 Å². The largest absolute Gasteiger partial charge is 0.374 e. The number of benzene rings is 1. The lowest BCUT2D eigenvalue weighted by Gasteiger charge is -2.38. The summed E-state index contributed by atoms with van der Waals surface area (Å²) in [5.74, 6) is 2.02. The number of urea groups is 1. The smallest absolute Gasteiger partial charge is 0.315 e. The van der Waals surface area contributed by atoms with E-state index in [2.05, 4.69) is 10.6 Å². The highest BCUT2D eigenvalue weighted by Gasteiger charge is 2.41. The number of rotatable bonds is 2. The molecule has 0 aromatic heterocycles. The first kappa shape index (κ1) is 17.2. The van der Waals surface area contributed by atoms with Crippen molar-refractivity contribution in [1.29, 1.82) is 0 Å². The van der Waals surface area contributed by atoms with Crippen LogP contribution >= 0.6 is 11.8 Å². The second kappa shape index (κ2) is 6.48. The minimum atomic E-state index is -3.32. The van der Waals surface area contributed by atoms with Gasteiger partial charge < -0.3 is 15.4 Å². The lowest BCUT2D eigenvalue weighted by molar-refractivity contribution is -0.0684. The Morgan fingerprint density at radius 2 is 2.12 bits per heavy atom. The van der Waals surface area contributed by atoms with E-state index < -0.39 is 15.9 Å². The summed E-state index contributed by atoms with van der Waals surface area (Å²) in [5, 5.41) is 5.86. The van der Waals surface area contributed by atoms with E-state index in [4.69, 9.17) is 4.74 Å². The Labute approximate surface area is 152 Å². The number of ether oxygens (including phenoxy) is 1. The van der Waals surface area contributed by atoms with E-state index in [1.54, 1.807) is 24.3 Å². The van der Waals surface area contributed by atoms with Crippen LogP contribution in [0.5, 0.6) is 0 Å². The van der Waals surface area contributed by atoms with E-state index in [0.717, 1.165) is 30.8 Å². The topological polar surface area (TPSA) is 84.5 Å². The van der Waals surface area contributed by atoms with Crippen molar-refractivity contribution < 1.29 is 17.9 Å². The molecule has 25 heavy (non-hydrogen) atoms. The number of carbonyl (C=O) groups excluding carboxylic acids is 1. The molecule has 3 atom stereocenters. The lowest BCUT2D eigenvalue weighted by Crippen LogP contribution is -2.51. The van der Waals surface area contributed by atoms with Crippen LogP contribution < -0.4 is 10.6 Å². The molecule has 0 bridgehead atoms. The summed E-state index contributed by atoms with van der Waals surface area (Å²) in [6, 6.07) is 6.16. The van der Waals surface area contributed by atoms with Gasteiger partial charge in [-0.3, -0.25) is 0 Å². The van der Waals surface area contributed by atoms with Crippen LogP contribution in [0.2, 0.25) is 0 Å². The second-order valence-corrected chi connectivity index (χ2v) is 10.1. The van der Waals surface area contributed by atoms with E-state index in [0.29, 0.717) is 17.1 Å². The molecule has 8 heteroatoms. The summed E-state index contributed by atoms with van der Waals surface area (Å²) in [5.41, 5.74) is 0.581. The average Bonchev–Trinajstić information content (AvgIpc) is 3.11. The summed E-state index contributed by atoms with van der Waals surface area (Å²) in [6.45, 7) is 0.659. The van der Waals surface area contributed by atoms with Crippen molar-refractivity contribution in [3.63, 3.8) is 0 Å². The molecular weight excluding hydrogens is 360 g/mol. The van der Waals surface area contributed by atoms with E-state index in [1.165, 1.54) is 0 Å². The Balaban J connectivity index is 1.40. The Kier molecular flexibility index (Phi) is 4.45. The quantitative estimate of drug-likeness (QED) is 0.816. The van der Waals surface area contributed by atoms with Crippen molar-refractivity contribution in [2.24, 2.45) is 0 Å². The number of carbonyl (C=O) groups is 1. The third-order valence-electron chi connectivity index (χ3n) is 5.22. The molecule has 136 valence electrons. The van der Waals surface area contributed by atoms with Crippen molar-refractivity contribution in [3.05, 3.63) is 29.8 Å². The summed E-state index contributed by atoms with van der Waals surface area (Å²) < 4.78 is 30.4. The molecule has 0 saturated carbocycles. The van der Waals surface area contributed by atoms with Gasteiger partial charge in [0.1, 0.15) is 0 Å². The van der Waals surface area contributed by atoms with Crippen molar-refractivity contribution in [1.82, 2.24) is 10.6 Å². The predicted octanol–water partition coefficient (Wildman–Crippen LogP) is 1.87.